The number of rotatable bonds is 2. The molecule has 1 amide bonds. The predicted octanol–water partition coefficient (Wildman–Crippen LogP) is 3.10. The van der Waals surface area contributed by atoms with Crippen molar-refractivity contribution in [3.63, 3.8) is 0 Å². The van der Waals surface area contributed by atoms with Crippen LogP contribution in [0, 0.1) is 11.7 Å². The minimum Gasteiger partial charge on any atom is -0.334 e. The maximum absolute atomic E-state index is 13.9. The zero-order valence-electron chi connectivity index (χ0n) is 11.3. The molecule has 112 valence electrons. The SMILES string of the molecule is CC1CCN(C(=O)c2cccc(Cl)c2F)C(CN)C1.Cl. The molecule has 1 saturated heterocycles. The molecule has 1 heterocycles. The summed E-state index contributed by atoms with van der Waals surface area (Å²) in [5.41, 5.74) is 5.75. The Morgan fingerprint density at radius 3 is 2.90 bits per heavy atom. The molecular weight excluding hydrogens is 302 g/mol. The summed E-state index contributed by atoms with van der Waals surface area (Å²) in [6, 6.07) is 4.47. The Morgan fingerprint density at radius 1 is 1.55 bits per heavy atom. The van der Waals surface area contributed by atoms with Crippen LogP contribution in [0.1, 0.15) is 30.1 Å². The molecule has 3 nitrogen and oxygen atoms in total. The van der Waals surface area contributed by atoms with Crippen molar-refractivity contribution in [1.82, 2.24) is 4.90 Å². The van der Waals surface area contributed by atoms with Crippen LogP contribution in [-0.4, -0.2) is 29.9 Å². The van der Waals surface area contributed by atoms with Gasteiger partial charge in [-0.05, 0) is 30.9 Å². The average Bonchev–Trinajstić information content (AvgIpc) is 2.41. The number of benzene rings is 1. The van der Waals surface area contributed by atoms with Crippen LogP contribution in [0.15, 0.2) is 18.2 Å². The number of hydrogen-bond donors (Lipinski definition) is 1. The van der Waals surface area contributed by atoms with E-state index in [1.807, 2.05) is 0 Å². The fourth-order valence-electron chi connectivity index (χ4n) is 2.57. The molecule has 0 saturated carbocycles. The van der Waals surface area contributed by atoms with Gasteiger partial charge in [0.15, 0.2) is 5.82 Å². The van der Waals surface area contributed by atoms with E-state index < -0.39 is 5.82 Å². The standard InChI is InChI=1S/C14H18ClFN2O.ClH/c1-9-5-6-18(10(7-9)8-17)14(19)11-3-2-4-12(15)13(11)16;/h2-4,9-10H,5-8,17H2,1H3;1H. The fourth-order valence-corrected chi connectivity index (χ4v) is 2.74. The first kappa shape index (κ1) is 17.2. The monoisotopic (exact) mass is 320 g/mol. The molecule has 0 aromatic heterocycles. The normalized spacial score (nSPS) is 22.3. The topological polar surface area (TPSA) is 46.3 Å². The number of nitrogens with two attached hydrogens (primary N) is 1. The van der Waals surface area contributed by atoms with E-state index in [0.717, 1.165) is 12.8 Å². The molecule has 1 fully saturated rings. The molecule has 0 aliphatic carbocycles. The molecule has 1 aliphatic heterocycles. The quantitative estimate of drug-likeness (QED) is 0.910. The van der Waals surface area contributed by atoms with Crippen LogP contribution in [0.2, 0.25) is 5.02 Å². The third-order valence-corrected chi connectivity index (χ3v) is 3.98. The van der Waals surface area contributed by atoms with Gasteiger partial charge in [0.1, 0.15) is 0 Å². The van der Waals surface area contributed by atoms with Crippen molar-refractivity contribution < 1.29 is 9.18 Å². The van der Waals surface area contributed by atoms with Crippen molar-refractivity contribution in [2.75, 3.05) is 13.1 Å². The van der Waals surface area contributed by atoms with E-state index >= 15 is 0 Å². The molecule has 2 N–H and O–H groups in total. The van der Waals surface area contributed by atoms with Gasteiger partial charge in [0.25, 0.3) is 5.91 Å². The lowest BCUT2D eigenvalue weighted by molar-refractivity contribution is 0.0569. The first-order chi connectivity index (χ1) is 9.04. The van der Waals surface area contributed by atoms with Gasteiger partial charge in [-0.15, -0.1) is 12.4 Å². The van der Waals surface area contributed by atoms with Crippen LogP contribution < -0.4 is 5.73 Å². The highest BCUT2D eigenvalue weighted by Gasteiger charge is 2.30. The largest absolute Gasteiger partial charge is 0.334 e. The number of amides is 1. The lowest BCUT2D eigenvalue weighted by atomic mass is 9.92. The van der Waals surface area contributed by atoms with E-state index in [4.69, 9.17) is 17.3 Å². The van der Waals surface area contributed by atoms with Crippen LogP contribution in [-0.2, 0) is 0 Å². The smallest absolute Gasteiger partial charge is 0.257 e. The zero-order valence-corrected chi connectivity index (χ0v) is 12.9. The van der Waals surface area contributed by atoms with E-state index in [2.05, 4.69) is 6.92 Å². The summed E-state index contributed by atoms with van der Waals surface area (Å²) < 4.78 is 13.9. The molecule has 20 heavy (non-hydrogen) atoms. The predicted molar refractivity (Wildman–Crippen MR) is 80.9 cm³/mol. The van der Waals surface area contributed by atoms with Crippen LogP contribution in [0.3, 0.4) is 0 Å². The third-order valence-electron chi connectivity index (χ3n) is 3.69. The highest BCUT2D eigenvalue weighted by molar-refractivity contribution is 6.31. The lowest BCUT2D eigenvalue weighted by Gasteiger charge is -2.38. The molecule has 1 aliphatic rings. The van der Waals surface area contributed by atoms with Gasteiger partial charge in [-0.2, -0.15) is 0 Å². The number of likely N-dealkylation sites (tertiary alicyclic amines) is 1. The Kier molecular flexibility index (Phi) is 6.24. The molecule has 1 aromatic rings. The van der Waals surface area contributed by atoms with Crippen molar-refractivity contribution in [2.45, 2.75) is 25.8 Å². The summed E-state index contributed by atoms with van der Waals surface area (Å²) in [5.74, 6) is -0.423. The lowest BCUT2D eigenvalue weighted by Crippen LogP contribution is -2.49. The summed E-state index contributed by atoms with van der Waals surface area (Å²) in [5, 5.41) is -0.0273. The second kappa shape index (κ2) is 7.25. The highest BCUT2D eigenvalue weighted by Crippen LogP contribution is 2.26. The minimum absolute atomic E-state index is 0. The molecular formula is C14H19Cl2FN2O. The van der Waals surface area contributed by atoms with Gasteiger partial charge in [-0.1, -0.05) is 24.6 Å². The van der Waals surface area contributed by atoms with Crippen LogP contribution in [0.5, 0.6) is 0 Å². The van der Waals surface area contributed by atoms with Gasteiger partial charge in [0, 0.05) is 19.1 Å². The van der Waals surface area contributed by atoms with Gasteiger partial charge >= 0.3 is 0 Å². The van der Waals surface area contributed by atoms with Crippen molar-refractivity contribution >= 4 is 29.9 Å². The van der Waals surface area contributed by atoms with Crippen molar-refractivity contribution in [3.8, 4) is 0 Å². The average molecular weight is 321 g/mol. The Balaban J connectivity index is 0.00000200. The Bertz CT molecular complexity index is 484. The number of carbonyl (C=O) groups is 1. The fraction of sp³-hybridized carbons (Fsp3) is 0.500. The first-order valence-corrected chi connectivity index (χ1v) is 6.87. The van der Waals surface area contributed by atoms with E-state index in [-0.39, 0.29) is 34.9 Å². The van der Waals surface area contributed by atoms with Crippen molar-refractivity contribution in [1.29, 1.82) is 0 Å². The first-order valence-electron chi connectivity index (χ1n) is 6.49. The summed E-state index contributed by atoms with van der Waals surface area (Å²) >= 11 is 5.72. The summed E-state index contributed by atoms with van der Waals surface area (Å²) in [6.45, 7) is 3.16. The van der Waals surface area contributed by atoms with Crippen molar-refractivity contribution in [2.24, 2.45) is 11.7 Å². The van der Waals surface area contributed by atoms with Gasteiger partial charge in [0.05, 0.1) is 10.6 Å². The van der Waals surface area contributed by atoms with Crippen molar-refractivity contribution in [3.05, 3.63) is 34.6 Å². The molecule has 0 spiro atoms. The number of nitrogens with zero attached hydrogens (tertiary/aromatic N) is 1. The van der Waals surface area contributed by atoms with E-state index in [0.29, 0.717) is 19.0 Å². The molecule has 2 atom stereocenters. The minimum atomic E-state index is -0.649. The summed E-state index contributed by atoms with van der Waals surface area (Å²) in [4.78, 5) is 14.1. The van der Waals surface area contributed by atoms with E-state index in [9.17, 15) is 9.18 Å². The van der Waals surface area contributed by atoms with Gasteiger partial charge < -0.3 is 10.6 Å². The summed E-state index contributed by atoms with van der Waals surface area (Å²) in [6.07, 6.45) is 1.79. The maximum atomic E-state index is 13.9. The van der Waals surface area contributed by atoms with Crippen LogP contribution >= 0.6 is 24.0 Å². The molecule has 2 rings (SSSR count). The number of hydrogen-bond acceptors (Lipinski definition) is 2. The Hall–Kier alpha value is -0.840. The van der Waals surface area contributed by atoms with Gasteiger partial charge in [-0.3, -0.25) is 4.79 Å². The second-order valence-electron chi connectivity index (χ2n) is 5.12. The van der Waals surface area contributed by atoms with Crippen LogP contribution in [0.4, 0.5) is 4.39 Å². The molecule has 1 aromatic carbocycles. The maximum Gasteiger partial charge on any atom is 0.257 e. The molecule has 0 bridgehead atoms. The third kappa shape index (κ3) is 3.43. The van der Waals surface area contributed by atoms with Gasteiger partial charge in [0.2, 0.25) is 0 Å². The Labute approximate surface area is 129 Å². The number of carbonyl (C=O) groups excluding carboxylic acids is 1. The number of halogens is 3. The molecule has 6 heteroatoms. The number of piperidine rings is 1. The zero-order chi connectivity index (χ0) is 14.0. The highest BCUT2D eigenvalue weighted by atomic mass is 35.5. The van der Waals surface area contributed by atoms with E-state index in [1.54, 1.807) is 11.0 Å². The summed E-state index contributed by atoms with van der Waals surface area (Å²) in [7, 11) is 0. The molecule has 0 radical (unpaired) electrons. The van der Waals surface area contributed by atoms with Crippen LogP contribution in [0.25, 0.3) is 0 Å². The molecule has 2 unspecified atom stereocenters. The van der Waals surface area contributed by atoms with Gasteiger partial charge in [-0.25, -0.2) is 4.39 Å². The second-order valence-corrected chi connectivity index (χ2v) is 5.53. The Morgan fingerprint density at radius 2 is 2.25 bits per heavy atom. The van der Waals surface area contributed by atoms with E-state index in [1.165, 1.54) is 12.1 Å².